The van der Waals surface area contributed by atoms with Gasteiger partial charge in [0.15, 0.2) is 0 Å². The van der Waals surface area contributed by atoms with Crippen LogP contribution in [-0.2, 0) is 0 Å². The molecule has 1 atom stereocenters. The number of benzene rings is 1. The zero-order chi connectivity index (χ0) is 8.10. The van der Waals surface area contributed by atoms with Crippen LogP contribution in [0.15, 0.2) is 24.3 Å². The molecule has 0 saturated heterocycles. The van der Waals surface area contributed by atoms with Crippen LogP contribution in [-0.4, -0.2) is 6.21 Å². The first-order chi connectivity index (χ1) is 5.34. The lowest BCUT2D eigenvalue weighted by atomic mass is 9.99. The minimum Gasteiger partial charge on any atom is -0.313 e. The molecule has 0 aliphatic carbocycles. The second kappa shape index (κ2) is 3.91. The maximum atomic E-state index is 6.95. The first kappa shape index (κ1) is 7.99. The van der Waals surface area contributed by atoms with Gasteiger partial charge in [-0.3, -0.25) is 0 Å². The Kier molecular flexibility index (Phi) is 2.84. The highest BCUT2D eigenvalue weighted by atomic mass is 14.3. The van der Waals surface area contributed by atoms with Gasteiger partial charge in [-0.2, -0.15) is 0 Å². The van der Waals surface area contributed by atoms with Crippen molar-refractivity contribution in [2.75, 3.05) is 0 Å². The van der Waals surface area contributed by atoms with Gasteiger partial charge in [0.05, 0.1) is 0 Å². The van der Waals surface area contributed by atoms with E-state index in [-0.39, 0.29) is 0 Å². The van der Waals surface area contributed by atoms with E-state index in [1.54, 1.807) is 0 Å². The Morgan fingerprint density at radius 2 is 2.18 bits per heavy atom. The quantitative estimate of drug-likeness (QED) is 0.634. The summed E-state index contributed by atoms with van der Waals surface area (Å²) in [5.74, 6) is 0.460. The number of nitrogens with one attached hydrogen (secondary N) is 1. The molecule has 1 heteroatoms. The molecule has 57 valence electrons. The fraction of sp³-hybridized carbons (Fsp3) is 0.300. The van der Waals surface area contributed by atoms with E-state index in [9.17, 15) is 0 Å². The van der Waals surface area contributed by atoms with Crippen molar-refractivity contribution in [3.8, 4) is 0 Å². The van der Waals surface area contributed by atoms with Crippen molar-refractivity contribution in [2.24, 2.45) is 0 Å². The third-order valence-electron chi connectivity index (χ3n) is 1.78. The molecule has 0 heterocycles. The predicted octanol–water partition coefficient (Wildman–Crippen LogP) is 2.63. The monoisotopic (exact) mass is 146 g/mol. The van der Waals surface area contributed by atoms with Crippen molar-refractivity contribution in [3.05, 3.63) is 35.9 Å². The van der Waals surface area contributed by atoms with Gasteiger partial charge in [0.1, 0.15) is 0 Å². The second-order valence-electron chi connectivity index (χ2n) is 2.67. The molecule has 1 radical (unpaired) electrons. The van der Waals surface area contributed by atoms with Gasteiger partial charge in [0.25, 0.3) is 0 Å². The number of hydrogen-bond acceptors (Lipinski definition) is 1. The molecular formula is C10H12N. The van der Waals surface area contributed by atoms with Gasteiger partial charge in [-0.25, -0.2) is 0 Å². The van der Waals surface area contributed by atoms with Gasteiger partial charge in [0, 0.05) is 0 Å². The minimum absolute atomic E-state index is 0.460. The zero-order valence-corrected chi connectivity index (χ0v) is 6.67. The van der Waals surface area contributed by atoms with Crippen molar-refractivity contribution in [2.45, 2.75) is 19.3 Å². The van der Waals surface area contributed by atoms with Gasteiger partial charge < -0.3 is 5.41 Å². The van der Waals surface area contributed by atoms with Gasteiger partial charge in [-0.05, 0) is 30.2 Å². The van der Waals surface area contributed by atoms with Crippen molar-refractivity contribution >= 4 is 6.21 Å². The molecule has 0 saturated carbocycles. The van der Waals surface area contributed by atoms with Crippen molar-refractivity contribution in [1.82, 2.24) is 0 Å². The molecule has 11 heavy (non-hydrogen) atoms. The molecule has 0 fully saturated rings. The Hall–Kier alpha value is -1.11. The molecular weight excluding hydrogens is 134 g/mol. The van der Waals surface area contributed by atoms with E-state index in [0.29, 0.717) is 5.92 Å². The maximum Gasteiger partial charge on any atom is -0.00418 e. The molecule has 1 rings (SSSR count). The Labute approximate surface area is 67.6 Å². The summed E-state index contributed by atoms with van der Waals surface area (Å²) < 4.78 is 0. The van der Waals surface area contributed by atoms with Crippen LogP contribution in [0.4, 0.5) is 0 Å². The molecule has 0 aromatic heterocycles. The predicted molar refractivity (Wildman–Crippen MR) is 47.1 cm³/mol. The summed E-state index contributed by atoms with van der Waals surface area (Å²) in [6, 6.07) is 10.9. The van der Waals surface area contributed by atoms with E-state index in [4.69, 9.17) is 5.41 Å². The SMILES string of the molecule is C[C@@H](CC=N)c1cc[c]cc1. The summed E-state index contributed by atoms with van der Waals surface area (Å²) >= 11 is 0. The third kappa shape index (κ3) is 2.19. The summed E-state index contributed by atoms with van der Waals surface area (Å²) in [7, 11) is 0. The Bertz CT molecular complexity index is 216. The molecule has 0 aliphatic heterocycles. The highest BCUT2D eigenvalue weighted by molar-refractivity contribution is 5.54. The van der Waals surface area contributed by atoms with Gasteiger partial charge in [-0.1, -0.05) is 31.2 Å². The van der Waals surface area contributed by atoms with E-state index in [1.807, 2.05) is 24.3 Å². The van der Waals surface area contributed by atoms with Crippen LogP contribution in [0.25, 0.3) is 0 Å². The molecule has 0 aliphatic rings. The summed E-state index contributed by atoms with van der Waals surface area (Å²) in [5, 5.41) is 6.95. The summed E-state index contributed by atoms with van der Waals surface area (Å²) in [6.45, 7) is 2.13. The second-order valence-corrected chi connectivity index (χ2v) is 2.67. The lowest BCUT2D eigenvalue weighted by molar-refractivity contribution is 0.811. The Morgan fingerprint density at radius 1 is 1.55 bits per heavy atom. The van der Waals surface area contributed by atoms with Crippen LogP contribution in [0.5, 0.6) is 0 Å². The number of rotatable bonds is 3. The molecule has 0 spiro atoms. The molecule has 0 bridgehead atoms. The Morgan fingerprint density at radius 3 is 2.73 bits per heavy atom. The van der Waals surface area contributed by atoms with Gasteiger partial charge in [-0.15, -0.1) is 0 Å². The van der Waals surface area contributed by atoms with Gasteiger partial charge >= 0.3 is 0 Å². The maximum absolute atomic E-state index is 6.95. The minimum atomic E-state index is 0.460. The van der Waals surface area contributed by atoms with Crippen molar-refractivity contribution in [3.63, 3.8) is 0 Å². The van der Waals surface area contributed by atoms with Crippen LogP contribution in [0.3, 0.4) is 0 Å². The van der Waals surface area contributed by atoms with Gasteiger partial charge in [0.2, 0.25) is 0 Å². The largest absolute Gasteiger partial charge is 0.313 e. The number of hydrogen-bond donors (Lipinski definition) is 1. The smallest absolute Gasteiger partial charge is 0.00418 e. The summed E-state index contributed by atoms with van der Waals surface area (Å²) in [5.41, 5.74) is 1.28. The lowest BCUT2D eigenvalue weighted by Crippen LogP contribution is -1.92. The van der Waals surface area contributed by atoms with E-state index in [1.165, 1.54) is 11.8 Å². The fourth-order valence-electron chi connectivity index (χ4n) is 1.04. The molecule has 0 amide bonds. The standard InChI is InChI=1S/C10H12N/c1-9(7-8-11)10-5-3-2-4-6-10/h3-6,8-9,11H,7H2,1H3/t9-/m0/s1. The fourth-order valence-corrected chi connectivity index (χ4v) is 1.04. The first-order valence-electron chi connectivity index (χ1n) is 3.79. The first-order valence-corrected chi connectivity index (χ1v) is 3.79. The van der Waals surface area contributed by atoms with E-state index in [2.05, 4.69) is 13.0 Å². The van der Waals surface area contributed by atoms with Crippen LogP contribution >= 0.6 is 0 Å². The lowest BCUT2D eigenvalue weighted by Gasteiger charge is -2.06. The zero-order valence-electron chi connectivity index (χ0n) is 6.67. The molecule has 1 aromatic rings. The van der Waals surface area contributed by atoms with E-state index < -0.39 is 0 Å². The van der Waals surface area contributed by atoms with E-state index >= 15 is 0 Å². The normalized spacial score (nSPS) is 12.5. The van der Waals surface area contributed by atoms with Crippen LogP contribution in [0, 0.1) is 11.5 Å². The topological polar surface area (TPSA) is 23.9 Å². The molecule has 1 aromatic carbocycles. The summed E-state index contributed by atoms with van der Waals surface area (Å²) in [4.78, 5) is 0. The third-order valence-corrected chi connectivity index (χ3v) is 1.78. The Balaban J connectivity index is 2.68. The van der Waals surface area contributed by atoms with E-state index in [0.717, 1.165) is 6.42 Å². The highest BCUT2D eigenvalue weighted by Crippen LogP contribution is 2.16. The van der Waals surface area contributed by atoms with Crippen LogP contribution < -0.4 is 0 Å². The average Bonchev–Trinajstić information content (AvgIpc) is 2.07. The van der Waals surface area contributed by atoms with Crippen LogP contribution in [0.2, 0.25) is 0 Å². The van der Waals surface area contributed by atoms with Crippen molar-refractivity contribution < 1.29 is 0 Å². The molecule has 1 nitrogen and oxygen atoms in total. The van der Waals surface area contributed by atoms with Crippen molar-refractivity contribution in [1.29, 1.82) is 5.41 Å². The average molecular weight is 146 g/mol. The summed E-state index contributed by atoms with van der Waals surface area (Å²) in [6.07, 6.45) is 2.28. The van der Waals surface area contributed by atoms with Crippen LogP contribution in [0.1, 0.15) is 24.8 Å². The molecule has 0 unspecified atom stereocenters. The highest BCUT2D eigenvalue weighted by Gasteiger charge is 2.00. The molecule has 1 N–H and O–H groups in total.